The van der Waals surface area contributed by atoms with Gasteiger partial charge in [0.05, 0.1) is 25.0 Å². The molecule has 1 aromatic rings. The number of esters is 2. The quantitative estimate of drug-likeness (QED) is 0.840. The number of hydrogen-bond acceptors (Lipinski definition) is 5. The predicted octanol–water partition coefficient (Wildman–Crippen LogP) is 1.29. The lowest BCUT2D eigenvalue weighted by Gasteiger charge is -2.15. The van der Waals surface area contributed by atoms with E-state index in [0.717, 1.165) is 5.56 Å². The summed E-state index contributed by atoms with van der Waals surface area (Å²) in [6.07, 6.45) is -0.168. The van der Waals surface area contributed by atoms with Gasteiger partial charge >= 0.3 is 11.9 Å². The smallest absolute Gasteiger partial charge is 0.310 e. The van der Waals surface area contributed by atoms with Crippen molar-refractivity contribution < 1.29 is 24.2 Å². The first-order valence-corrected chi connectivity index (χ1v) is 6.58. The first kappa shape index (κ1) is 14.5. The van der Waals surface area contributed by atoms with Gasteiger partial charge in [0.2, 0.25) is 0 Å². The zero-order chi connectivity index (χ0) is 14.5. The maximum atomic E-state index is 12.1. The molecule has 1 aliphatic carbocycles. The third-order valence-corrected chi connectivity index (χ3v) is 3.57. The molecule has 5 nitrogen and oxygen atoms in total. The largest absolute Gasteiger partial charge is 0.469 e. The molecule has 0 spiro atoms. The molecule has 2 rings (SSSR count). The molecule has 0 saturated heterocycles. The number of rotatable bonds is 4. The molecule has 0 aromatic heterocycles. The lowest BCUT2D eigenvalue weighted by Crippen LogP contribution is -2.27. The van der Waals surface area contributed by atoms with Crippen LogP contribution in [0.2, 0.25) is 0 Å². The standard InChI is InChI=1S/C15H18O5/c1-19-14(17)12-7-11(16)8-13(12)15(18)20-9-10-5-3-2-4-6-10/h2-6,11-13,16H,7-9H2,1H3/t11?,12-,13-/m0/s1. The van der Waals surface area contributed by atoms with E-state index in [-0.39, 0.29) is 19.4 Å². The fraction of sp³-hybridized carbons (Fsp3) is 0.467. The monoisotopic (exact) mass is 278 g/mol. The second kappa shape index (κ2) is 6.52. The van der Waals surface area contributed by atoms with Gasteiger partial charge in [0.15, 0.2) is 0 Å². The molecule has 0 amide bonds. The highest BCUT2D eigenvalue weighted by atomic mass is 16.5. The van der Waals surface area contributed by atoms with E-state index in [1.807, 2.05) is 30.3 Å². The normalized spacial score (nSPS) is 25.2. The van der Waals surface area contributed by atoms with Crippen molar-refractivity contribution in [2.45, 2.75) is 25.6 Å². The van der Waals surface area contributed by atoms with Crippen LogP contribution in [-0.4, -0.2) is 30.3 Å². The number of benzene rings is 1. The molecule has 3 atom stereocenters. The lowest BCUT2D eigenvalue weighted by atomic mass is 9.96. The van der Waals surface area contributed by atoms with Gasteiger partial charge in [0, 0.05) is 0 Å². The van der Waals surface area contributed by atoms with E-state index < -0.39 is 29.9 Å². The number of carbonyl (C=O) groups is 2. The molecule has 0 heterocycles. The highest BCUT2D eigenvalue weighted by molar-refractivity contribution is 5.82. The van der Waals surface area contributed by atoms with Crippen molar-refractivity contribution in [3.8, 4) is 0 Å². The van der Waals surface area contributed by atoms with Gasteiger partial charge in [-0.05, 0) is 18.4 Å². The first-order chi connectivity index (χ1) is 9.61. The van der Waals surface area contributed by atoms with Crippen LogP contribution < -0.4 is 0 Å². The summed E-state index contributed by atoms with van der Waals surface area (Å²) in [5.41, 5.74) is 0.883. The Morgan fingerprint density at radius 3 is 2.35 bits per heavy atom. The van der Waals surface area contributed by atoms with Crippen LogP contribution in [0, 0.1) is 11.8 Å². The molecule has 0 bridgehead atoms. The third-order valence-electron chi connectivity index (χ3n) is 3.57. The van der Waals surface area contributed by atoms with Crippen molar-refractivity contribution in [2.24, 2.45) is 11.8 Å². The van der Waals surface area contributed by atoms with Crippen molar-refractivity contribution in [3.63, 3.8) is 0 Å². The van der Waals surface area contributed by atoms with E-state index in [1.165, 1.54) is 7.11 Å². The SMILES string of the molecule is COC(=O)[C@H]1CC(O)C[C@@H]1C(=O)OCc1ccccc1. The molecule has 1 unspecified atom stereocenters. The number of carbonyl (C=O) groups excluding carboxylic acids is 2. The molecule has 0 radical (unpaired) electrons. The number of aliphatic hydroxyl groups is 1. The Balaban J connectivity index is 1.95. The summed E-state index contributed by atoms with van der Waals surface area (Å²) in [5, 5.41) is 9.63. The van der Waals surface area contributed by atoms with Crippen LogP contribution in [0.4, 0.5) is 0 Å². The van der Waals surface area contributed by atoms with Crippen molar-refractivity contribution in [3.05, 3.63) is 35.9 Å². The fourth-order valence-electron chi connectivity index (χ4n) is 2.52. The molecule has 5 heteroatoms. The molecule has 1 N–H and O–H groups in total. The Kier molecular flexibility index (Phi) is 4.74. The zero-order valence-electron chi connectivity index (χ0n) is 11.3. The Morgan fingerprint density at radius 1 is 1.15 bits per heavy atom. The second-order valence-electron chi connectivity index (χ2n) is 4.95. The van der Waals surface area contributed by atoms with Crippen LogP contribution in [0.5, 0.6) is 0 Å². The highest BCUT2D eigenvalue weighted by Gasteiger charge is 2.43. The predicted molar refractivity (Wildman–Crippen MR) is 70.5 cm³/mol. The van der Waals surface area contributed by atoms with E-state index in [9.17, 15) is 14.7 Å². The van der Waals surface area contributed by atoms with Crippen molar-refractivity contribution in [1.29, 1.82) is 0 Å². The first-order valence-electron chi connectivity index (χ1n) is 6.58. The van der Waals surface area contributed by atoms with E-state index in [4.69, 9.17) is 4.74 Å². The third kappa shape index (κ3) is 3.36. The van der Waals surface area contributed by atoms with Gasteiger partial charge in [0.1, 0.15) is 6.61 Å². The average molecular weight is 278 g/mol. The summed E-state index contributed by atoms with van der Waals surface area (Å²) in [4.78, 5) is 23.7. The van der Waals surface area contributed by atoms with Gasteiger partial charge in [-0.3, -0.25) is 9.59 Å². The molecule has 20 heavy (non-hydrogen) atoms. The molecular weight excluding hydrogens is 260 g/mol. The molecule has 0 aliphatic heterocycles. The minimum Gasteiger partial charge on any atom is -0.469 e. The highest BCUT2D eigenvalue weighted by Crippen LogP contribution is 2.34. The number of hydrogen-bond donors (Lipinski definition) is 1. The Bertz CT molecular complexity index is 470. The maximum absolute atomic E-state index is 12.1. The van der Waals surface area contributed by atoms with E-state index in [0.29, 0.717) is 0 Å². The molecular formula is C15H18O5. The molecule has 1 fully saturated rings. The number of ether oxygens (including phenoxy) is 2. The van der Waals surface area contributed by atoms with Gasteiger partial charge < -0.3 is 14.6 Å². The molecule has 1 saturated carbocycles. The van der Waals surface area contributed by atoms with E-state index in [2.05, 4.69) is 4.74 Å². The van der Waals surface area contributed by atoms with E-state index >= 15 is 0 Å². The molecule has 1 aromatic carbocycles. The zero-order valence-corrected chi connectivity index (χ0v) is 11.3. The molecule has 108 valence electrons. The second-order valence-corrected chi connectivity index (χ2v) is 4.95. The Morgan fingerprint density at radius 2 is 1.75 bits per heavy atom. The summed E-state index contributed by atoms with van der Waals surface area (Å²) in [6, 6.07) is 9.31. The van der Waals surface area contributed by atoms with E-state index in [1.54, 1.807) is 0 Å². The summed E-state index contributed by atoms with van der Waals surface area (Å²) in [5.74, 6) is -2.16. The van der Waals surface area contributed by atoms with Crippen LogP contribution in [0.25, 0.3) is 0 Å². The molecule has 1 aliphatic rings. The van der Waals surface area contributed by atoms with Gasteiger partial charge in [-0.2, -0.15) is 0 Å². The minimum atomic E-state index is -0.659. The summed E-state index contributed by atoms with van der Waals surface area (Å²) >= 11 is 0. The number of methoxy groups -OCH3 is 1. The topological polar surface area (TPSA) is 72.8 Å². The van der Waals surface area contributed by atoms with Gasteiger partial charge in [-0.1, -0.05) is 30.3 Å². The number of aliphatic hydroxyl groups excluding tert-OH is 1. The van der Waals surface area contributed by atoms with Crippen LogP contribution in [-0.2, 0) is 25.7 Å². The van der Waals surface area contributed by atoms with Crippen LogP contribution in [0.15, 0.2) is 30.3 Å². The van der Waals surface area contributed by atoms with Crippen LogP contribution in [0.1, 0.15) is 18.4 Å². The van der Waals surface area contributed by atoms with Crippen LogP contribution in [0.3, 0.4) is 0 Å². The lowest BCUT2D eigenvalue weighted by molar-refractivity contribution is -0.158. The van der Waals surface area contributed by atoms with Crippen molar-refractivity contribution in [2.75, 3.05) is 7.11 Å². The Labute approximate surface area is 117 Å². The van der Waals surface area contributed by atoms with Gasteiger partial charge in [-0.25, -0.2) is 0 Å². The van der Waals surface area contributed by atoms with Crippen molar-refractivity contribution in [1.82, 2.24) is 0 Å². The maximum Gasteiger partial charge on any atom is 0.310 e. The van der Waals surface area contributed by atoms with Crippen molar-refractivity contribution >= 4 is 11.9 Å². The van der Waals surface area contributed by atoms with Gasteiger partial charge in [0.25, 0.3) is 0 Å². The summed E-state index contributed by atoms with van der Waals surface area (Å²) in [6.45, 7) is 0.167. The minimum absolute atomic E-state index is 0.167. The summed E-state index contributed by atoms with van der Waals surface area (Å²) < 4.78 is 9.90. The average Bonchev–Trinajstić information content (AvgIpc) is 2.87. The van der Waals surface area contributed by atoms with Crippen LogP contribution >= 0.6 is 0 Å². The fourth-order valence-corrected chi connectivity index (χ4v) is 2.52. The Hall–Kier alpha value is -1.88. The summed E-state index contributed by atoms with van der Waals surface area (Å²) in [7, 11) is 1.28. The van der Waals surface area contributed by atoms with Gasteiger partial charge in [-0.15, -0.1) is 0 Å².